The van der Waals surface area contributed by atoms with Gasteiger partial charge < -0.3 is 0 Å². The van der Waals surface area contributed by atoms with Crippen LogP contribution in [0.5, 0.6) is 0 Å². The molecule has 0 saturated heterocycles. The normalized spacial score (nSPS) is 16.0. The summed E-state index contributed by atoms with van der Waals surface area (Å²) in [6.45, 7) is 5.65. The van der Waals surface area contributed by atoms with Crippen molar-refractivity contribution in [3.05, 3.63) is 95.3 Å². The van der Waals surface area contributed by atoms with Gasteiger partial charge >= 0.3 is 0 Å². The van der Waals surface area contributed by atoms with E-state index in [0.29, 0.717) is 11.5 Å². The number of benzene rings is 3. The first-order chi connectivity index (χ1) is 14.5. The van der Waals surface area contributed by atoms with Crippen LogP contribution in [0.25, 0.3) is 0 Å². The highest BCUT2D eigenvalue weighted by molar-refractivity contribution is 6.44. The van der Waals surface area contributed by atoms with Gasteiger partial charge in [0.25, 0.3) is 0 Å². The molecule has 1 aliphatic heterocycles. The van der Waals surface area contributed by atoms with Crippen LogP contribution in [0.1, 0.15) is 36.7 Å². The Hall–Kier alpha value is -3.47. The quantitative estimate of drug-likeness (QED) is 0.556. The van der Waals surface area contributed by atoms with Crippen LogP contribution in [0.4, 0.5) is 15.8 Å². The lowest BCUT2D eigenvalue weighted by Crippen LogP contribution is -2.37. The van der Waals surface area contributed by atoms with Crippen LogP contribution in [-0.2, 0) is 11.2 Å². The summed E-state index contributed by atoms with van der Waals surface area (Å²) in [7, 11) is 0. The fourth-order valence-corrected chi connectivity index (χ4v) is 3.65. The molecule has 0 bridgehead atoms. The van der Waals surface area contributed by atoms with E-state index in [1.54, 1.807) is 12.1 Å². The zero-order valence-electron chi connectivity index (χ0n) is 17.3. The van der Waals surface area contributed by atoms with Crippen molar-refractivity contribution in [1.29, 1.82) is 0 Å². The van der Waals surface area contributed by atoms with E-state index in [4.69, 9.17) is 5.10 Å². The molecule has 5 heteroatoms. The smallest absolute Gasteiger partial charge is 0.198 e. The molecule has 0 aromatic heterocycles. The van der Waals surface area contributed by atoms with Gasteiger partial charge in [-0.3, -0.25) is 9.69 Å². The van der Waals surface area contributed by atoms with Crippen LogP contribution in [-0.4, -0.2) is 11.6 Å². The van der Waals surface area contributed by atoms with Crippen molar-refractivity contribution in [2.75, 3.05) is 9.91 Å². The summed E-state index contributed by atoms with van der Waals surface area (Å²) in [6.07, 6.45) is 0.590. The Morgan fingerprint density at radius 2 is 1.53 bits per heavy atom. The summed E-state index contributed by atoms with van der Waals surface area (Å²) in [6, 6.07) is 22.5. The predicted octanol–water partition coefficient (Wildman–Crippen LogP) is 5.62. The van der Waals surface area contributed by atoms with Crippen molar-refractivity contribution in [3.63, 3.8) is 0 Å². The summed E-state index contributed by atoms with van der Waals surface area (Å²) in [5.74, 6) is -0.144. The van der Waals surface area contributed by atoms with Crippen LogP contribution < -0.4 is 9.91 Å². The lowest BCUT2D eigenvalue weighted by molar-refractivity contribution is -0.111. The van der Waals surface area contributed by atoms with E-state index in [1.807, 2.05) is 41.1 Å². The standard InChI is InChI=1S/C25H24FN3O/c1-4-19-7-9-20(10-8-19)25-28(22-15-11-21(26)12-16-22)24(18(3)30)27-29(25)23-13-5-17(2)6-14-23/h5-16,25H,4H2,1-3H3/t25-/m1/s1. The van der Waals surface area contributed by atoms with Crippen LogP contribution in [0.15, 0.2) is 77.9 Å². The Morgan fingerprint density at radius 3 is 2.10 bits per heavy atom. The van der Waals surface area contributed by atoms with E-state index in [-0.39, 0.29) is 17.8 Å². The number of hydrogen-bond donors (Lipinski definition) is 0. The van der Waals surface area contributed by atoms with Gasteiger partial charge in [0.05, 0.1) is 5.69 Å². The first-order valence-corrected chi connectivity index (χ1v) is 10.1. The molecule has 4 rings (SSSR count). The molecule has 0 amide bonds. The lowest BCUT2D eigenvalue weighted by Gasteiger charge is -2.32. The second kappa shape index (κ2) is 8.11. The Balaban J connectivity index is 1.87. The molecule has 30 heavy (non-hydrogen) atoms. The van der Waals surface area contributed by atoms with Gasteiger partial charge in [-0.2, -0.15) is 0 Å². The molecule has 0 radical (unpaired) electrons. The highest BCUT2D eigenvalue weighted by atomic mass is 19.1. The number of carbonyl (C=O) groups excluding carboxylic acids is 1. The predicted molar refractivity (Wildman–Crippen MR) is 119 cm³/mol. The number of carbonyl (C=O) groups is 1. The number of amidine groups is 1. The molecule has 0 unspecified atom stereocenters. The average molecular weight is 401 g/mol. The molecular weight excluding hydrogens is 377 g/mol. The van der Waals surface area contributed by atoms with Gasteiger partial charge in [-0.15, -0.1) is 5.10 Å². The third kappa shape index (κ3) is 3.71. The van der Waals surface area contributed by atoms with Gasteiger partial charge in [-0.1, -0.05) is 48.9 Å². The van der Waals surface area contributed by atoms with Crippen molar-refractivity contribution >= 4 is 23.0 Å². The van der Waals surface area contributed by atoms with E-state index >= 15 is 0 Å². The minimum absolute atomic E-state index is 0.149. The fourth-order valence-electron chi connectivity index (χ4n) is 3.65. The first-order valence-electron chi connectivity index (χ1n) is 10.1. The average Bonchev–Trinajstić information content (AvgIpc) is 3.16. The number of hydrazone groups is 1. The molecule has 1 heterocycles. The van der Waals surface area contributed by atoms with Gasteiger partial charge in [0.1, 0.15) is 5.82 Å². The summed E-state index contributed by atoms with van der Waals surface area (Å²) >= 11 is 0. The minimum atomic E-state index is -0.358. The summed E-state index contributed by atoms with van der Waals surface area (Å²) in [5.41, 5.74) is 4.97. The zero-order chi connectivity index (χ0) is 21.3. The number of hydrogen-bond acceptors (Lipinski definition) is 4. The number of ketones is 1. The van der Waals surface area contributed by atoms with E-state index < -0.39 is 0 Å². The molecule has 0 fully saturated rings. The zero-order valence-corrected chi connectivity index (χ0v) is 17.3. The molecule has 3 aromatic rings. The monoisotopic (exact) mass is 401 g/mol. The molecular formula is C25H24FN3O. The van der Waals surface area contributed by atoms with E-state index in [1.165, 1.54) is 24.6 Å². The van der Waals surface area contributed by atoms with E-state index in [2.05, 4.69) is 31.2 Å². The molecule has 0 N–H and O–H groups in total. The molecule has 152 valence electrons. The van der Waals surface area contributed by atoms with Crippen LogP contribution in [0.2, 0.25) is 0 Å². The number of anilines is 2. The van der Waals surface area contributed by atoms with Crippen molar-refractivity contribution in [1.82, 2.24) is 0 Å². The summed E-state index contributed by atoms with van der Waals surface area (Å²) in [5, 5.41) is 6.56. The highest BCUT2D eigenvalue weighted by Gasteiger charge is 2.39. The van der Waals surface area contributed by atoms with Crippen molar-refractivity contribution in [3.8, 4) is 0 Å². The van der Waals surface area contributed by atoms with E-state index in [0.717, 1.165) is 23.2 Å². The van der Waals surface area contributed by atoms with E-state index in [9.17, 15) is 9.18 Å². The Morgan fingerprint density at radius 1 is 0.933 bits per heavy atom. The molecule has 1 atom stereocenters. The van der Waals surface area contributed by atoms with Crippen LogP contribution in [0, 0.1) is 12.7 Å². The first kappa shape index (κ1) is 19.8. The summed E-state index contributed by atoms with van der Waals surface area (Å²) in [4.78, 5) is 14.4. The second-order valence-electron chi connectivity index (χ2n) is 7.48. The minimum Gasteiger partial charge on any atom is -0.295 e. The number of Topliss-reactive ketones (excluding diaryl/α,β-unsaturated/α-hetero) is 1. The van der Waals surface area contributed by atoms with Gasteiger partial charge in [0.2, 0.25) is 0 Å². The number of rotatable bonds is 5. The van der Waals surface area contributed by atoms with Crippen LogP contribution >= 0.6 is 0 Å². The van der Waals surface area contributed by atoms with Crippen molar-refractivity contribution < 1.29 is 9.18 Å². The van der Waals surface area contributed by atoms with Crippen LogP contribution in [0.3, 0.4) is 0 Å². The fraction of sp³-hybridized carbons (Fsp3) is 0.200. The lowest BCUT2D eigenvalue weighted by atomic mass is 10.1. The third-order valence-electron chi connectivity index (χ3n) is 5.31. The third-order valence-corrected chi connectivity index (χ3v) is 5.31. The second-order valence-corrected chi connectivity index (χ2v) is 7.48. The highest BCUT2D eigenvalue weighted by Crippen LogP contribution is 2.39. The molecule has 1 aliphatic rings. The SMILES string of the molecule is CCc1ccc([C@H]2N(c3ccc(C)cc3)N=C(C(C)=O)N2c2ccc(F)cc2)cc1. The molecule has 0 spiro atoms. The van der Waals surface area contributed by atoms with Gasteiger partial charge in [0.15, 0.2) is 17.8 Å². The molecule has 3 aromatic carbocycles. The topological polar surface area (TPSA) is 35.9 Å². The molecule has 0 saturated carbocycles. The Kier molecular flexibility index (Phi) is 5.36. The van der Waals surface area contributed by atoms with Gasteiger partial charge in [-0.05, 0) is 60.9 Å². The maximum Gasteiger partial charge on any atom is 0.198 e. The number of nitrogens with zero attached hydrogens (tertiary/aromatic N) is 3. The maximum atomic E-state index is 13.6. The Bertz CT molecular complexity index is 1070. The Labute approximate surface area is 176 Å². The number of aryl methyl sites for hydroxylation is 2. The molecule has 0 aliphatic carbocycles. The van der Waals surface area contributed by atoms with Crippen molar-refractivity contribution in [2.24, 2.45) is 5.10 Å². The van der Waals surface area contributed by atoms with Crippen molar-refractivity contribution in [2.45, 2.75) is 33.4 Å². The largest absolute Gasteiger partial charge is 0.295 e. The molecule has 4 nitrogen and oxygen atoms in total. The maximum absolute atomic E-state index is 13.6. The summed E-state index contributed by atoms with van der Waals surface area (Å²) < 4.78 is 13.6. The van der Waals surface area contributed by atoms with Gasteiger partial charge in [0, 0.05) is 12.6 Å². The van der Waals surface area contributed by atoms with Gasteiger partial charge in [-0.25, -0.2) is 9.40 Å². The number of halogens is 1.